The van der Waals surface area contributed by atoms with Gasteiger partial charge in [-0.2, -0.15) is 4.98 Å². The van der Waals surface area contributed by atoms with Crippen LogP contribution >= 0.6 is 15.9 Å². The number of unbranched alkanes of at least 4 members (excludes halogenated alkanes) is 1. The lowest BCUT2D eigenvalue weighted by Gasteiger charge is -2.19. The van der Waals surface area contributed by atoms with Gasteiger partial charge in [-0.25, -0.2) is 4.98 Å². The first-order valence-electron chi connectivity index (χ1n) is 5.10. The average Bonchev–Trinajstić information content (AvgIpc) is 2.26. The van der Waals surface area contributed by atoms with Gasteiger partial charge in [-0.3, -0.25) is 0 Å². The molecule has 4 nitrogen and oxygen atoms in total. The van der Waals surface area contributed by atoms with Crippen molar-refractivity contribution >= 4 is 27.7 Å². The van der Waals surface area contributed by atoms with Crippen LogP contribution in [0, 0.1) is 0 Å². The second-order valence-electron chi connectivity index (χ2n) is 3.39. The predicted octanol–water partition coefficient (Wildman–Crippen LogP) is 2.52. The highest BCUT2D eigenvalue weighted by Gasteiger charge is 2.08. The van der Waals surface area contributed by atoms with Crippen LogP contribution in [0.3, 0.4) is 0 Å². The van der Waals surface area contributed by atoms with E-state index in [0.717, 1.165) is 16.8 Å². The van der Waals surface area contributed by atoms with Gasteiger partial charge in [0.15, 0.2) is 0 Å². The summed E-state index contributed by atoms with van der Waals surface area (Å²) >= 11 is 3.46. The lowest BCUT2D eigenvalue weighted by Crippen LogP contribution is -2.20. The number of hydrogen-bond donors (Lipinski definition) is 1. The fourth-order valence-electron chi connectivity index (χ4n) is 1.25. The van der Waals surface area contributed by atoms with Crippen molar-refractivity contribution in [2.75, 3.05) is 30.9 Å². The number of rotatable bonds is 5. The van der Waals surface area contributed by atoms with E-state index < -0.39 is 0 Å². The fourth-order valence-corrected chi connectivity index (χ4v) is 1.74. The van der Waals surface area contributed by atoms with Crippen LogP contribution in [0.5, 0.6) is 0 Å². The van der Waals surface area contributed by atoms with E-state index in [4.69, 9.17) is 0 Å². The highest BCUT2D eigenvalue weighted by atomic mass is 79.9. The van der Waals surface area contributed by atoms with Crippen molar-refractivity contribution in [2.45, 2.75) is 19.8 Å². The van der Waals surface area contributed by atoms with Crippen LogP contribution in [-0.4, -0.2) is 30.6 Å². The molecule has 1 aromatic rings. The Hall–Kier alpha value is -0.840. The van der Waals surface area contributed by atoms with Gasteiger partial charge in [-0.05, 0) is 22.4 Å². The summed E-state index contributed by atoms with van der Waals surface area (Å²) in [5, 5.41) is 2.94. The zero-order valence-electron chi connectivity index (χ0n) is 9.42. The molecule has 0 aliphatic carbocycles. The number of aromatic nitrogens is 2. The Labute approximate surface area is 99.2 Å². The second-order valence-corrected chi connectivity index (χ2v) is 4.24. The van der Waals surface area contributed by atoms with Gasteiger partial charge in [-0.15, -0.1) is 0 Å². The molecule has 0 spiro atoms. The highest BCUT2D eigenvalue weighted by molar-refractivity contribution is 9.10. The second kappa shape index (κ2) is 5.90. The molecule has 0 saturated carbocycles. The number of hydrogen-bond acceptors (Lipinski definition) is 4. The molecule has 0 bridgehead atoms. The molecular weight excluding hydrogens is 256 g/mol. The van der Waals surface area contributed by atoms with Crippen LogP contribution in [0.25, 0.3) is 0 Å². The molecule has 0 atom stereocenters. The molecular formula is C10H17BrN4. The Morgan fingerprint density at radius 1 is 1.53 bits per heavy atom. The zero-order chi connectivity index (χ0) is 11.3. The van der Waals surface area contributed by atoms with E-state index in [9.17, 15) is 0 Å². The molecule has 1 heterocycles. The summed E-state index contributed by atoms with van der Waals surface area (Å²) < 4.78 is 0.931. The third kappa shape index (κ3) is 3.34. The summed E-state index contributed by atoms with van der Waals surface area (Å²) in [7, 11) is 3.86. The normalized spacial score (nSPS) is 10.1. The number of halogens is 1. The lowest BCUT2D eigenvalue weighted by molar-refractivity contribution is 0.757. The molecule has 0 unspecified atom stereocenters. The minimum absolute atomic E-state index is 0.650. The number of nitrogens with one attached hydrogen (secondary N) is 1. The van der Waals surface area contributed by atoms with Crippen LogP contribution in [0.1, 0.15) is 19.8 Å². The molecule has 5 heteroatoms. The topological polar surface area (TPSA) is 41.1 Å². The molecule has 0 aliphatic rings. The maximum atomic E-state index is 4.40. The van der Waals surface area contributed by atoms with Crippen molar-refractivity contribution in [3.8, 4) is 0 Å². The Morgan fingerprint density at radius 2 is 2.27 bits per heavy atom. The number of anilines is 2. The van der Waals surface area contributed by atoms with E-state index in [2.05, 4.69) is 43.0 Å². The first-order chi connectivity index (χ1) is 7.19. The van der Waals surface area contributed by atoms with Crippen molar-refractivity contribution < 1.29 is 0 Å². The molecule has 0 saturated heterocycles. The molecule has 1 aromatic heterocycles. The first-order valence-corrected chi connectivity index (χ1v) is 5.89. The van der Waals surface area contributed by atoms with Gasteiger partial charge in [0, 0.05) is 26.8 Å². The van der Waals surface area contributed by atoms with Crippen LogP contribution in [0.15, 0.2) is 10.7 Å². The molecule has 15 heavy (non-hydrogen) atoms. The van der Waals surface area contributed by atoms with Crippen molar-refractivity contribution in [2.24, 2.45) is 0 Å². The minimum Gasteiger partial charge on any atom is -0.359 e. The maximum absolute atomic E-state index is 4.40. The molecule has 0 radical (unpaired) electrons. The summed E-state index contributed by atoms with van der Waals surface area (Å²) in [4.78, 5) is 10.7. The predicted molar refractivity (Wildman–Crippen MR) is 67.5 cm³/mol. The zero-order valence-corrected chi connectivity index (χ0v) is 11.0. The Kier molecular flexibility index (Phi) is 4.81. The van der Waals surface area contributed by atoms with Crippen molar-refractivity contribution in [1.82, 2.24) is 9.97 Å². The van der Waals surface area contributed by atoms with E-state index >= 15 is 0 Å². The van der Waals surface area contributed by atoms with Crippen molar-refractivity contribution in [3.05, 3.63) is 10.7 Å². The highest BCUT2D eigenvalue weighted by Crippen LogP contribution is 2.23. The summed E-state index contributed by atoms with van der Waals surface area (Å²) in [6.07, 6.45) is 4.13. The smallest absolute Gasteiger partial charge is 0.224 e. The van der Waals surface area contributed by atoms with Gasteiger partial charge in [0.1, 0.15) is 5.82 Å². The van der Waals surface area contributed by atoms with Crippen LogP contribution in [0.2, 0.25) is 0 Å². The maximum Gasteiger partial charge on any atom is 0.224 e. The summed E-state index contributed by atoms with van der Waals surface area (Å²) in [6, 6.07) is 0. The van der Waals surface area contributed by atoms with Crippen molar-refractivity contribution in [1.29, 1.82) is 0 Å². The van der Waals surface area contributed by atoms with Gasteiger partial charge in [-0.1, -0.05) is 13.3 Å². The molecule has 1 rings (SSSR count). The van der Waals surface area contributed by atoms with Crippen LogP contribution in [0.4, 0.5) is 11.8 Å². The molecule has 0 aromatic carbocycles. The third-order valence-electron chi connectivity index (χ3n) is 2.16. The number of nitrogens with zero attached hydrogens (tertiary/aromatic N) is 3. The minimum atomic E-state index is 0.650. The monoisotopic (exact) mass is 272 g/mol. The van der Waals surface area contributed by atoms with Crippen molar-refractivity contribution in [3.63, 3.8) is 0 Å². The van der Waals surface area contributed by atoms with Gasteiger partial charge in [0.25, 0.3) is 0 Å². The average molecular weight is 273 g/mol. The van der Waals surface area contributed by atoms with Gasteiger partial charge in [0.05, 0.1) is 4.47 Å². The lowest BCUT2D eigenvalue weighted by atomic mass is 10.3. The standard InChI is InChI=1S/C10H17BrN4/c1-4-5-6-15(3)9-8(11)7-13-10(12-2)14-9/h7H,4-6H2,1-3H3,(H,12,13,14). The summed E-state index contributed by atoms with van der Waals surface area (Å²) in [6.45, 7) is 3.19. The Morgan fingerprint density at radius 3 is 2.87 bits per heavy atom. The van der Waals surface area contributed by atoms with Crippen LogP contribution in [-0.2, 0) is 0 Å². The molecule has 84 valence electrons. The summed E-state index contributed by atoms with van der Waals surface area (Å²) in [5.74, 6) is 1.58. The van der Waals surface area contributed by atoms with Crippen LogP contribution < -0.4 is 10.2 Å². The van der Waals surface area contributed by atoms with Gasteiger partial charge < -0.3 is 10.2 Å². The van der Waals surface area contributed by atoms with Gasteiger partial charge in [0.2, 0.25) is 5.95 Å². The fraction of sp³-hybridized carbons (Fsp3) is 0.600. The quantitative estimate of drug-likeness (QED) is 0.895. The Balaban J connectivity index is 2.81. The molecule has 0 aliphatic heterocycles. The molecule has 1 N–H and O–H groups in total. The Bertz CT molecular complexity index is 316. The first kappa shape index (κ1) is 12.2. The third-order valence-corrected chi connectivity index (χ3v) is 2.72. The van der Waals surface area contributed by atoms with E-state index in [0.29, 0.717) is 5.95 Å². The SMILES string of the molecule is CCCCN(C)c1nc(NC)ncc1Br. The largest absolute Gasteiger partial charge is 0.359 e. The van der Waals surface area contributed by atoms with E-state index in [1.807, 2.05) is 14.1 Å². The summed E-state index contributed by atoms with van der Waals surface area (Å²) in [5.41, 5.74) is 0. The van der Waals surface area contributed by atoms with E-state index in [1.54, 1.807) is 6.20 Å². The molecule has 0 fully saturated rings. The van der Waals surface area contributed by atoms with E-state index in [-0.39, 0.29) is 0 Å². The van der Waals surface area contributed by atoms with E-state index in [1.165, 1.54) is 12.8 Å². The molecule has 0 amide bonds. The van der Waals surface area contributed by atoms with Gasteiger partial charge >= 0.3 is 0 Å².